The monoisotopic (exact) mass is 330 g/mol. The maximum absolute atomic E-state index is 13.0. The lowest BCUT2D eigenvalue weighted by Gasteiger charge is -2.22. The number of alkyl halides is 6. The summed E-state index contributed by atoms with van der Waals surface area (Å²) in [6, 6.07) is 0. The standard InChI is InChI=1S/C12H8F6O4/c1-3-5(9(19)20)4(2)8(12(16,17)18)6(10(21)22)7(3)11(13,14)15/h1-2H3,(H,19,20)(H,21,22). The van der Waals surface area contributed by atoms with Crippen LogP contribution in [0.15, 0.2) is 0 Å². The van der Waals surface area contributed by atoms with Crippen molar-refractivity contribution in [3.63, 3.8) is 0 Å². The van der Waals surface area contributed by atoms with Crippen molar-refractivity contribution in [1.82, 2.24) is 0 Å². The van der Waals surface area contributed by atoms with Gasteiger partial charge in [0.1, 0.15) is 0 Å². The largest absolute Gasteiger partial charge is 0.478 e. The Labute approximate surface area is 119 Å². The smallest absolute Gasteiger partial charge is 0.417 e. The second kappa shape index (κ2) is 5.18. The molecule has 0 saturated heterocycles. The molecule has 0 radical (unpaired) electrons. The zero-order chi connectivity index (χ0) is 17.6. The van der Waals surface area contributed by atoms with Gasteiger partial charge in [-0.25, -0.2) is 9.59 Å². The Kier molecular flexibility index (Phi) is 4.19. The molecule has 0 aliphatic rings. The summed E-state index contributed by atoms with van der Waals surface area (Å²) in [6.45, 7) is 1.23. The van der Waals surface area contributed by atoms with Gasteiger partial charge in [-0.2, -0.15) is 26.3 Å². The van der Waals surface area contributed by atoms with Gasteiger partial charge in [-0.1, -0.05) is 0 Å². The molecule has 0 saturated carbocycles. The van der Waals surface area contributed by atoms with E-state index in [0.29, 0.717) is 13.8 Å². The first-order valence-electron chi connectivity index (χ1n) is 5.49. The van der Waals surface area contributed by atoms with Crippen molar-refractivity contribution in [3.05, 3.63) is 33.4 Å². The number of benzene rings is 1. The minimum Gasteiger partial charge on any atom is -0.478 e. The highest BCUT2D eigenvalue weighted by molar-refractivity contribution is 5.98. The molecular weight excluding hydrogens is 322 g/mol. The van der Waals surface area contributed by atoms with Crippen LogP contribution in [0.1, 0.15) is 43.0 Å². The van der Waals surface area contributed by atoms with E-state index in [1.54, 1.807) is 0 Å². The average molecular weight is 330 g/mol. The number of carbonyl (C=O) groups is 2. The molecule has 0 atom stereocenters. The molecule has 1 aromatic rings. The molecule has 10 heteroatoms. The lowest BCUT2D eigenvalue weighted by molar-refractivity contribution is -0.144. The van der Waals surface area contributed by atoms with Gasteiger partial charge in [-0.3, -0.25) is 0 Å². The van der Waals surface area contributed by atoms with Crippen molar-refractivity contribution < 1.29 is 46.1 Å². The van der Waals surface area contributed by atoms with Crippen LogP contribution in [0.2, 0.25) is 0 Å². The van der Waals surface area contributed by atoms with E-state index in [-0.39, 0.29) is 0 Å². The van der Waals surface area contributed by atoms with Crippen LogP contribution in [0, 0.1) is 13.8 Å². The molecule has 0 spiro atoms. The van der Waals surface area contributed by atoms with Crippen molar-refractivity contribution >= 4 is 11.9 Å². The molecule has 0 aliphatic carbocycles. The predicted molar refractivity (Wildman–Crippen MR) is 59.8 cm³/mol. The first kappa shape index (κ1) is 17.8. The van der Waals surface area contributed by atoms with Crippen LogP contribution in [0.3, 0.4) is 0 Å². The van der Waals surface area contributed by atoms with E-state index in [1.807, 2.05) is 0 Å². The Morgan fingerprint density at radius 3 is 1.18 bits per heavy atom. The van der Waals surface area contributed by atoms with E-state index < -0.39 is 57.7 Å². The normalized spacial score (nSPS) is 12.4. The number of carboxylic acids is 2. The van der Waals surface area contributed by atoms with E-state index >= 15 is 0 Å². The second-order valence-electron chi connectivity index (χ2n) is 4.36. The number of rotatable bonds is 2. The SMILES string of the molecule is Cc1c(C(=O)O)c(C)c(C(F)(F)F)c(C(=O)O)c1C(F)(F)F. The Bertz CT molecular complexity index is 616. The minimum atomic E-state index is -5.46. The molecule has 2 N–H and O–H groups in total. The fraction of sp³-hybridized carbons (Fsp3) is 0.333. The molecule has 0 aliphatic heterocycles. The van der Waals surface area contributed by atoms with E-state index in [0.717, 1.165) is 0 Å². The van der Waals surface area contributed by atoms with Gasteiger partial charge in [0, 0.05) is 0 Å². The second-order valence-corrected chi connectivity index (χ2v) is 4.36. The van der Waals surface area contributed by atoms with Crippen LogP contribution < -0.4 is 0 Å². The van der Waals surface area contributed by atoms with Crippen LogP contribution in [-0.4, -0.2) is 22.2 Å². The number of hydrogen-bond donors (Lipinski definition) is 2. The molecule has 1 aromatic carbocycles. The van der Waals surface area contributed by atoms with Gasteiger partial charge in [0.2, 0.25) is 0 Å². The Balaban J connectivity index is 4.21. The highest BCUT2D eigenvalue weighted by Gasteiger charge is 2.47. The van der Waals surface area contributed by atoms with Crippen molar-refractivity contribution in [3.8, 4) is 0 Å². The lowest BCUT2D eigenvalue weighted by atomic mass is 9.87. The first-order chi connectivity index (χ1) is 9.71. The maximum atomic E-state index is 13.0. The van der Waals surface area contributed by atoms with Gasteiger partial charge in [0.15, 0.2) is 0 Å². The summed E-state index contributed by atoms with van der Waals surface area (Å²) in [5, 5.41) is 17.7. The van der Waals surface area contributed by atoms with Gasteiger partial charge in [0.25, 0.3) is 0 Å². The molecule has 0 amide bonds. The summed E-state index contributed by atoms with van der Waals surface area (Å²) in [4.78, 5) is 22.0. The van der Waals surface area contributed by atoms with Crippen molar-refractivity contribution in [2.75, 3.05) is 0 Å². The maximum Gasteiger partial charge on any atom is 0.417 e. The Morgan fingerprint density at radius 1 is 0.727 bits per heavy atom. The highest BCUT2D eigenvalue weighted by atomic mass is 19.4. The molecule has 0 unspecified atom stereocenters. The third kappa shape index (κ3) is 2.85. The average Bonchev–Trinajstić information content (AvgIpc) is 2.22. The van der Waals surface area contributed by atoms with Gasteiger partial charge < -0.3 is 10.2 Å². The number of hydrogen-bond acceptors (Lipinski definition) is 2. The number of halogens is 6. The Morgan fingerprint density at radius 2 is 1.00 bits per heavy atom. The molecule has 0 bridgehead atoms. The van der Waals surface area contributed by atoms with Gasteiger partial charge in [-0.15, -0.1) is 0 Å². The molecule has 0 fully saturated rings. The summed E-state index contributed by atoms with van der Waals surface area (Å²) in [5.74, 6) is -4.45. The highest BCUT2D eigenvalue weighted by Crippen LogP contribution is 2.44. The van der Waals surface area contributed by atoms with Crippen LogP contribution >= 0.6 is 0 Å². The molecule has 122 valence electrons. The van der Waals surface area contributed by atoms with Crippen LogP contribution in [0.25, 0.3) is 0 Å². The van der Waals surface area contributed by atoms with Crippen LogP contribution in [0.5, 0.6) is 0 Å². The lowest BCUT2D eigenvalue weighted by Crippen LogP contribution is -2.25. The summed E-state index contributed by atoms with van der Waals surface area (Å²) >= 11 is 0. The number of aromatic carboxylic acids is 2. The quantitative estimate of drug-likeness (QED) is 0.810. The minimum absolute atomic E-state index is 0.617. The fourth-order valence-corrected chi connectivity index (χ4v) is 2.27. The van der Waals surface area contributed by atoms with Gasteiger partial charge in [0.05, 0.1) is 22.3 Å². The van der Waals surface area contributed by atoms with E-state index in [1.165, 1.54) is 0 Å². The van der Waals surface area contributed by atoms with Crippen molar-refractivity contribution in [2.45, 2.75) is 26.2 Å². The van der Waals surface area contributed by atoms with E-state index in [2.05, 4.69) is 0 Å². The van der Waals surface area contributed by atoms with Crippen LogP contribution in [-0.2, 0) is 12.4 Å². The zero-order valence-electron chi connectivity index (χ0n) is 11.0. The molecule has 0 aromatic heterocycles. The predicted octanol–water partition coefficient (Wildman–Crippen LogP) is 3.74. The summed E-state index contributed by atoms with van der Waals surface area (Å²) in [6.07, 6.45) is -10.9. The van der Waals surface area contributed by atoms with Crippen molar-refractivity contribution in [2.24, 2.45) is 0 Å². The zero-order valence-corrected chi connectivity index (χ0v) is 11.0. The molecule has 0 heterocycles. The summed E-state index contributed by atoms with van der Waals surface area (Å²) in [7, 11) is 0. The summed E-state index contributed by atoms with van der Waals surface area (Å²) < 4.78 is 77.9. The fourth-order valence-electron chi connectivity index (χ4n) is 2.27. The van der Waals surface area contributed by atoms with Crippen molar-refractivity contribution in [1.29, 1.82) is 0 Å². The molecule has 22 heavy (non-hydrogen) atoms. The molecular formula is C12H8F6O4. The van der Waals surface area contributed by atoms with Gasteiger partial charge >= 0.3 is 24.3 Å². The molecule has 1 rings (SSSR count). The van der Waals surface area contributed by atoms with Gasteiger partial charge in [-0.05, 0) is 25.0 Å². The van der Waals surface area contributed by atoms with E-state index in [9.17, 15) is 35.9 Å². The number of carboxylic acid groups (broad SMARTS) is 2. The topological polar surface area (TPSA) is 74.6 Å². The Hall–Kier alpha value is -2.26. The first-order valence-corrected chi connectivity index (χ1v) is 5.49. The summed E-state index contributed by atoms with van der Waals surface area (Å²) in [5.41, 5.74) is -9.61. The third-order valence-electron chi connectivity index (χ3n) is 2.99. The van der Waals surface area contributed by atoms with E-state index in [4.69, 9.17) is 10.2 Å². The third-order valence-corrected chi connectivity index (χ3v) is 2.99. The molecule has 4 nitrogen and oxygen atoms in total. The van der Waals surface area contributed by atoms with Crippen LogP contribution in [0.4, 0.5) is 26.3 Å².